The van der Waals surface area contributed by atoms with Gasteiger partial charge in [0.15, 0.2) is 17.9 Å². The molecule has 0 radical (unpaired) electrons. The lowest BCUT2D eigenvalue weighted by Crippen LogP contribution is -1.90. The van der Waals surface area contributed by atoms with Crippen LogP contribution < -0.4 is 0 Å². The molecule has 14 heavy (non-hydrogen) atoms. The molecule has 0 aliphatic rings. The molecular formula is C10H5F2NO. The van der Waals surface area contributed by atoms with Crippen molar-refractivity contribution in [2.45, 2.75) is 0 Å². The summed E-state index contributed by atoms with van der Waals surface area (Å²) in [6.45, 7) is 0. The Morgan fingerprint density at radius 3 is 2.79 bits per heavy atom. The Labute approximate surface area is 78.2 Å². The average Bonchev–Trinajstić information content (AvgIpc) is 2.23. The zero-order valence-electron chi connectivity index (χ0n) is 7.00. The molecule has 0 atom stereocenters. The fourth-order valence-corrected chi connectivity index (χ4v) is 1.22. The summed E-state index contributed by atoms with van der Waals surface area (Å²) in [4.78, 5) is 14.2. The van der Waals surface area contributed by atoms with Gasteiger partial charge in [0.1, 0.15) is 0 Å². The average molecular weight is 193 g/mol. The van der Waals surface area contributed by atoms with Gasteiger partial charge in [0.05, 0.1) is 5.52 Å². The fraction of sp³-hybridized carbons (Fsp3) is 0. The van der Waals surface area contributed by atoms with Crippen molar-refractivity contribution in [1.29, 1.82) is 0 Å². The van der Waals surface area contributed by atoms with Crippen LogP contribution in [0.15, 0.2) is 24.4 Å². The summed E-state index contributed by atoms with van der Waals surface area (Å²) in [7, 11) is 0. The minimum absolute atomic E-state index is 0.0228. The third-order valence-electron chi connectivity index (χ3n) is 1.91. The number of aromatic nitrogens is 1. The number of nitrogens with zero attached hydrogens (tertiary/aromatic N) is 1. The Morgan fingerprint density at radius 2 is 2.07 bits per heavy atom. The van der Waals surface area contributed by atoms with Gasteiger partial charge in [0.25, 0.3) is 0 Å². The van der Waals surface area contributed by atoms with E-state index in [0.29, 0.717) is 11.8 Å². The van der Waals surface area contributed by atoms with Gasteiger partial charge in [0.2, 0.25) is 0 Å². The lowest BCUT2D eigenvalue weighted by Gasteiger charge is -1.99. The maximum atomic E-state index is 13.2. The number of pyridine rings is 1. The predicted molar refractivity (Wildman–Crippen MR) is 47.0 cm³/mol. The van der Waals surface area contributed by atoms with Crippen LogP contribution in [0.3, 0.4) is 0 Å². The second-order valence-electron chi connectivity index (χ2n) is 2.81. The van der Waals surface area contributed by atoms with Crippen LogP contribution in [0.4, 0.5) is 8.78 Å². The number of aldehydes is 1. The van der Waals surface area contributed by atoms with E-state index in [0.717, 1.165) is 6.07 Å². The van der Waals surface area contributed by atoms with Crippen molar-refractivity contribution in [3.8, 4) is 0 Å². The van der Waals surface area contributed by atoms with Gasteiger partial charge in [0, 0.05) is 17.1 Å². The summed E-state index contributed by atoms with van der Waals surface area (Å²) in [5.74, 6) is -1.92. The highest BCUT2D eigenvalue weighted by atomic mass is 19.2. The molecule has 1 heterocycles. The summed E-state index contributed by atoms with van der Waals surface area (Å²) in [5, 5.41) is 0.0228. The number of carbonyl (C=O) groups is 1. The van der Waals surface area contributed by atoms with Crippen LogP contribution in [0.2, 0.25) is 0 Å². The van der Waals surface area contributed by atoms with Crippen LogP contribution in [0.5, 0.6) is 0 Å². The number of benzene rings is 1. The lowest BCUT2D eigenvalue weighted by molar-refractivity contribution is 0.112. The Kier molecular flexibility index (Phi) is 1.96. The molecule has 0 aliphatic heterocycles. The Bertz CT molecular complexity index is 511. The van der Waals surface area contributed by atoms with Crippen LogP contribution in [0.1, 0.15) is 10.4 Å². The van der Waals surface area contributed by atoms with Gasteiger partial charge in [-0.3, -0.25) is 9.78 Å². The van der Waals surface area contributed by atoms with Gasteiger partial charge in [-0.1, -0.05) is 0 Å². The first-order chi connectivity index (χ1) is 6.72. The smallest absolute Gasteiger partial charge is 0.168 e. The lowest BCUT2D eigenvalue weighted by atomic mass is 10.1. The van der Waals surface area contributed by atoms with E-state index >= 15 is 0 Å². The predicted octanol–water partition coefficient (Wildman–Crippen LogP) is 2.33. The van der Waals surface area contributed by atoms with E-state index < -0.39 is 11.6 Å². The molecular weight excluding hydrogens is 188 g/mol. The van der Waals surface area contributed by atoms with E-state index in [9.17, 15) is 13.6 Å². The molecule has 4 heteroatoms. The van der Waals surface area contributed by atoms with E-state index in [2.05, 4.69) is 4.98 Å². The zero-order chi connectivity index (χ0) is 10.1. The van der Waals surface area contributed by atoms with Gasteiger partial charge in [-0.2, -0.15) is 0 Å². The summed E-state index contributed by atoms with van der Waals surface area (Å²) >= 11 is 0. The van der Waals surface area contributed by atoms with Gasteiger partial charge in [-0.05, 0) is 18.2 Å². The highest BCUT2D eigenvalue weighted by Gasteiger charge is 2.07. The first kappa shape index (κ1) is 8.74. The molecule has 0 unspecified atom stereocenters. The van der Waals surface area contributed by atoms with Crippen LogP contribution in [-0.4, -0.2) is 11.3 Å². The number of fused-ring (bicyclic) bond motifs is 1. The standard InChI is InChI=1S/C10H5F2NO/c11-8-1-2-9-7(10(8)12)3-6(5-14)4-13-9/h1-5H. The van der Waals surface area contributed by atoms with E-state index in [1.54, 1.807) is 0 Å². The first-order valence-corrected chi connectivity index (χ1v) is 3.91. The molecule has 2 rings (SSSR count). The number of rotatable bonds is 1. The molecule has 2 aromatic rings. The Hall–Kier alpha value is -1.84. The third kappa shape index (κ3) is 1.25. The largest absolute Gasteiger partial charge is 0.298 e. The number of hydrogen-bond donors (Lipinski definition) is 0. The van der Waals surface area contributed by atoms with Crippen LogP contribution in [0, 0.1) is 11.6 Å². The number of halogens is 2. The topological polar surface area (TPSA) is 30.0 Å². The Balaban J connectivity index is 2.84. The highest BCUT2D eigenvalue weighted by Crippen LogP contribution is 2.18. The summed E-state index contributed by atoms with van der Waals surface area (Å²) in [5.41, 5.74) is 0.552. The molecule has 0 fully saturated rings. The summed E-state index contributed by atoms with van der Waals surface area (Å²) in [6.07, 6.45) is 1.85. The van der Waals surface area contributed by atoms with Crippen molar-refractivity contribution < 1.29 is 13.6 Å². The second kappa shape index (κ2) is 3.14. The molecule has 1 aromatic carbocycles. The SMILES string of the molecule is O=Cc1cnc2ccc(F)c(F)c2c1. The van der Waals surface area contributed by atoms with Gasteiger partial charge < -0.3 is 0 Å². The maximum absolute atomic E-state index is 13.2. The molecule has 0 saturated heterocycles. The van der Waals surface area contributed by atoms with Gasteiger partial charge in [-0.25, -0.2) is 8.78 Å². The van der Waals surface area contributed by atoms with Gasteiger partial charge in [-0.15, -0.1) is 0 Å². The van der Waals surface area contributed by atoms with Gasteiger partial charge >= 0.3 is 0 Å². The fourth-order valence-electron chi connectivity index (χ4n) is 1.22. The minimum atomic E-state index is -0.973. The minimum Gasteiger partial charge on any atom is -0.298 e. The van der Waals surface area contributed by atoms with Crippen molar-refractivity contribution >= 4 is 17.2 Å². The molecule has 0 aliphatic carbocycles. The van der Waals surface area contributed by atoms with Crippen LogP contribution in [0.25, 0.3) is 10.9 Å². The molecule has 0 amide bonds. The molecule has 1 aromatic heterocycles. The second-order valence-corrected chi connectivity index (χ2v) is 2.81. The molecule has 0 spiro atoms. The highest BCUT2D eigenvalue weighted by molar-refractivity contribution is 5.86. The molecule has 0 N–H and O–H groups in total. The normalized spacial score (nSPS) is 10.4. The monoisotopic (exact) mass is 193 g/mol. The van der Waals surface area contributed by atoms with Crippen molar-refractivity contribution in [3.05, 3.63) is 41.6 Å². The number of carbonyl (C=O) groups excluding carboxylic acids is 1. The third-order valence-corrected chi connectivity index (χ3v) is 1.91. The maximum Gasteiger partial charge on any atom is 0.168 e. The summed E-state index contributed by atoms with van der Waals surface area (Å²) < 4.78 is 26.0. The first-order valence-electron chi connectivity index (χ1n) is 3.91. The number of hydrogen-bond acceptors (Lipinski definition) is 2. The molecule has 0 bridgehead atoms. The van der Waals surface area contributed by atoms with E-state index in [-0.39, 0.29) is 10.9 Å². The van der Waals surface area contributed by atoms with Crippen molar-refractivity contribution in [2.75, 3.05) is 0 Å². The zero-order valence-corrected chi connectivity index (χ0v) is 7.00. The van der Waals surface area contributed by atoms with Crippen molar-refractivity contribution in [2.24, 2.45) is 0 Å². The Morgan fingerprint density at radius 1 is 1.29 bits per heavy atom. The van der Waals surface area contributed by atoms with E-state index in [1.165, 1.54) is 18.3 Å². The molecule has 2 nitrogen and oxygen atoms in total. The van der Waals surface area contributed by atoms with E-state index in [1.807, 2.05) is 0 Å². The van der Waals surface area contributed by atoms with Crippen molar-refractivity contribution in [1.82, 2.24) is 4.98 Å². The molecule has 0 saturated carbocycles. The van der Waals surface area contributed by atoms with Crippen molar-refractivity contribution in [3.63, 3.8) is 0 Å². The van der Waals surface area contributed by atoms with Crippen LogP contribution >= 0.6 is 0 Å². The van der Waals surface area contributed by atoms with Crippen LogP contribution in [-0.2, 0) is 0 Å². The molecule has 70 valence electrons. The quantitative estimate of drug-likeness (QED) is 0.650. The van der Waals surface area contributed by atoms with E-state index in [4.69, 9.17) is 0 Å². The summed E-state index contributed by atoms with van der Waals surface area (Å²) in [6, 6.07) is 3.64.